The Morgan fingerprint density at radius 3 is 2.71 bits per heavy atom. The van der Waals surface area contributed by atoms with Crippen LogP contribution < -0.4 is 21.4 Å². The molecule has 6 nitrogen and oxygen atoms in total. The van der Waals surface area contributed by atoms with E-state index in [9.17, 15) is 4.79 Å². The number of hydrogen-bond acceptors (Lipinski definition) is 4. The van der Waals surface area contributed by atoms with Crippen molar-refractivity contribution >= 4 is 23.8 Å². The van der Waals surface area contributed by atoms with Crippen molar-refractivity contribution in [1.29, 1.82) is 0 Å². The largest absolute Gasteiger partial charge is 0.323 e. The minimum atomic E-state index is -0.0384. The Labute approximate surface area is 182 Å². The Kier molecular flexibility index (Phi) is 5.63. The fourth-order valence-corrected chi connectivity index (χ4v) is 3.93. The van der Waals surface area contributed by atoms with E-state index >= 15 is 0 Å². The van der Waals surface area contributed by atoms with Gasteiger partial charge >= 0.3 is 0 Å². The minimum Gasteiger partial charge on any atom is -0.323 e. The van der Waals surface area contributed by atoms with Crippen LogP contribution in [-0.4, -0.2) is 19.7 Å². The van der Waals surface area contributed by atoms with E-state index in [0.717, 1.165) is 38.8 Å². The van der Waals surface area contributed by atoms with Crippen molar-refractivity contribution in [3.05, 3.63) is 68.7 Å². The van der Waals surface area contributed by atoms with Crippen molar-refractivity contribution in [3.63, 3.8) is 0 Å². The zero-order valence-corrected chi connectivity index (χ0v) is 18.6. The molecule has 1 aromatic carbocycles. The van der Waals surface area contributed by atoms with Gasteiger partial charge in [-0.2, -0.15) is 4.98 Å². The summed E-state index contributed by atoms with van der Waals surface area (Å²) in [6.45, 7) is 9.88. The molecule has 0 aliphatic heterocycles. The molecule has 160 valence electrons. The molecule has 1 fully saturated rings. The van der Waals surface area contributed by atoms with Crippen LogP contribution in [0.5, 0.6) is 0 Å². The predicted molar refractivity (Wildman–Crippen MR) is 127 cm³/mol. The molecule has 0 bridgehead atoms. The highest BCUT2D eigenvalue weighted by molar-refractivity contribution is 5.72. The van der Waals surface area contributed by atoms with E-state index in [2.05, 4.69) is 27.1 Å². The Hall–Kier alpha value is -3.41. The van der Waals surface area contributed by atoms with Crippen LogP contribution in [0, 0.1) is 6.92 Å². The van der Waals surface area contributed by atoms with E-state index in [1.165, 1.54) is 19.3 Å². The summed E-state index contributed by atoms with van der Waals surface area (Å²) in [4.78, 5) is 17.8. The first kappa shape index (κ1) is 20.8. The van der Waals surface area contributed by atoms with Crippen LogP contribution in [0.3, 0.4) is 0 Å². The summed E-state index contributed by atoms with van der Waals surface area (Å²) in [5.74, 6) is 2.00. The molecule has 6 heteroatoms. The van der Waals surface area contributed by atoms with E-state index in [0.29, 0.717) is 17.4 Å². The number of anilines is 2. The first-order chi connectivity index (χ1) is 14.9. The standard InChI is InChI=1S/C25H29N5O/c1-6-17-13-21(24(31)30(5)22(17)12-15(2)3)20-14-19(11-10-16(20)4)26-25-27-23(28-29-25)18-8-7-9-18/h6,10-14,18H,2,7-9H2,1,3-5H3,(H2,26,27,28,29)/b17-6-,22-12+. The number of benzene rings is 1. The number of nitrogens with one attached hydrogen (secondary N) is 2. The van der Waals surface area contributed by atoms with Crippen LogP contribution >= 0.6 is 0 Å². The normalized spacial score (nSPS) is 15.2. The Bertz CT molecular complexity index is 1320. The van der Waals surface area contributed by atoms with Crippen LogP contribution in [0.25, 0.3) is 23.3 Å². The molecule has 0 unspecified atom stereocenters. The lowest BCUT2D eigenvalue weighted by Gasteiger charge is -2.22. The van der Waals surface area contributed by atoms with Gasteiger partial charge in [0.05, 0.1) is 5.35 Å². The Morgan fingerprint density at radius 2 is 2.06 bits per heavy atom. The monoisotopic (exact) mass is 415 g/mol. The zero-order chi connectivity index (χ0) is 22.1. The predicted octanol–water partition coefficient (Wildman–Crippen LogP) is 3.65. The average Bonchev–Trinajstić information content (AvgIpc) is 3.13. The van der Waals surface area contributed by atoms with Crippen LogP contribution in [0.15, 0.2) is 41.2 Å². The fourth-order valence-electron chi connectivity index (χ4n) is 3.93. The minimum absolute atomic E-state index is 0.0384. The summed E-state index contributed by atoms with van der Waals surface area (Å²) >= 11 is 0. The number of rotatable bonds is 5. The second-order valence-electron chi connectivity index (χ2n) is 8.37. The molecule has 1 aliphatic carbocycles. The third-order valence-electron chi connectivity index (χ3n) is 5.96. The van der Waals surface area contributed by atoms with Crippen molar-refractivity contribution in [2.75, 3.05) is 5.32 Å². The second kappa shape index (κ2) is 8.38. The van der Waals surface area contributed by atoms with Crippen molar-refractivity contribution in [3.8, 4) is 11.1 Å². The van der Waals surface area contributed by atoms with Gasteiger partial charge in [0, 0.05) is 24.2 Å². The van der Waals surface area contributed by atoms with E-state index in [4.69, 9.17) is 0 Å². The maximum absolute atomic E-state index is 13.2. The van der Waals surface area contributed by atoms with Gasteiger partial charge in [-0.15, -0.1) is 5.10 Å². The van der Waals surface area contributed by atoms with Crippen LogP contribution in [-0.2, 0) is 7.05 Å². The lowest BCUT2D eigenvalue weighted by atomic mass is 9.85. The fraction of sp³-hybridized carbons (Fsp3) is 0.320. The van der Waals surface area contributed by atoms with Gasteiger partial charge < -0.3 is 9.88 Å². The maximum Gasteiger partial charge on any atom is 0.258 e. The summed E-state index contributed by atoms with van der Waals surface area (Å²) < 4.78 is 1.69. The number of aryl methyl sites for hydroxylation is 1. The molecule has 1 saturated carbocycles. The molecule has 4 rings (SSSR count). The van der Waals surface area contributed by atoms with Crippen molar-refractivity contribution in [2.24, 2.45) is 7.05 Å². The summed E-state index contributed by atoms with van der Waals surface area (Å²) in [5.41, 5.74) is 4.31. The highest BCUT2D eigenvalue weighted by atomic mass is 16.1. The highest BCUT2D eigenvalue weighted by Crippen LogP contribution is 2.34. The van der Waals surface area contributed by atoms with Gasteiger partial charge in [0.25, 0.3) is 5.56 Å². The molecular weight excluding hydrogens is 386 g/mol. The Morgan fingerprint density at radius 1 is 1.29 bits per heavy atom. The molecule has 2 heterocycles. The number of aromatic nitrogens is 4. The SMILES string of the molecule is C=C(C)/C=c1\c(=C/C)cc(-c2cc(Nc3n[nH]c(C4CCC4)n3)ccc2C)c(=O)n1C. The summed E-state index contributed by atoms with van der Waals surface area (Å²) in [6.07, 6.45) is 7.55. The van der Waals surface area contributed by atoms with Gasteiger partial charge in [0.1, 0.15) is 5.82 Å². The molecule has 2 aromatic heterocycles. The average molecular weight is 416 g/mol. The summed E-state index contributed by atoms with van der Waals surface area (Å²) in [7, 11) is 1.81. The lowest BCUT2D eigenvalue weighted by Crippen LogP contribution is -2.42. The van der Waals surface area contributed by atoms with Gasteiger partial charge in [-0.05, 0) is 74.2 Å². The molecule has 2 N–H and O–H groups in total. The molecule has 0 amide bonds. The van der Waals surface area contributed by atoms with E-state index in [1.807, 2.05) is 57.2 Å². The lowest BCUT2D eigenvalue weighted by molar-refractivity contribution is 0.402. The van der Waals surface area contributed by atoms with Crippen LogP contribution in [0.1, 0.15) is 50.4 Å². The molecule has 0 atom stereocenters. The molecular formula is C25H29N5O. The first-order valence-corrected chi connectivity index (χ1v) is 10.7. The van der Waals surface area contributed by atoms with E-state index in [1.54, 1.807) is 11.6 Å². The quantitative estimate of drug-likeness (QED) is 0.667. The smallest absolute Gasteiger partial charge is 0.258 e. The van der Waals surface area contributed by atoms with Gasteiger partial charge in [0.15, 0.2) is 0 Å². The summed E-state index contributed by atoms with van der Waals surface area (Å²) in [5, 5.41) is 12.5. The number of nitrogens with zero attached hydrogens (tertiary/aromatic N) is 3. The van der Waals surface area contributed by atoms with Gasteiger partial charge in [-0.1, -0.05) is 30.7 Å². The summed E-state index contributed by atoms with van der Waals surface area (Å²) in [6, 6.07) is 7.95. The highest BCUT2D eigenvalue weighted by Gasteiger charge is 2.23. The molecule has 31 heavy (non-hydrogen) atoms. The first-order valence-electron chi connectivity index (χ1n) is 10.7. The number of H-pyrrole nitrogens is 1. The molecule has 1 aliphatic rings. The third-order valence-corrected chi connectivity index (χ3v) is 5.96. The van der Waals surface area contributed by atoms with Gasteiger partial charge in [-0.3, -0.25) is 9.89 Å². The maximum atomic E-state index is 13.2. The van der Waals surface area contributed by atoms with E-state index in [-0.39, 0.29) is 5.56 Å². The zero-order valence-electron chi connectivity index (χ0n) is 18.6. The van der Waals surface area contributed by atoms with Gasteiger partial charge in [0.2, 0.25) is 5.95 Å². The molecule has 3 aromatic rings. The molecule has 0 saturated heterocycles. The van der Waals surface area contributed by atoms with Crippen molar-refractivity contribution in [2.45, 2.75) is 46.0 Å². The number of allylic oxidation sites excluding steroid dienone is 1. The van der Waals surface area contributed by atoms with Crippen molar-refractivity contribution in [1.82, 2.24) is 19.7 Å². The number of hydrogen-bond donors (Lipinski definition) is 2. The van der Waals surface area contributed by atoms with Crippen LogP contribution in [0.2, 0.25) is 0 Å². The van der Waals surface area contributed by atoms with Crippen molar-refractivity contribution < 1.29 is 0 Å². The second-order valence-corrected chi connectivity index (χ2v) is 8.37. The number of aromatic amines is 1. The van der Waals surface area contributed by atoms with E-state index < -0.39 is 0 Å². The Balaban J connectivity index is 1.75. The number of pyridine rings is 1. The van der Waals surface area contributed by atoms with Crippen LogP contribution in [0.4, 0.5) is 11.6 Å². The van der Waals surface area contributed by atoms with Gasteiger partial charge in [-0.25, -0.2) is 0 Å². The molecule has 0 radical (unpaired) electrons. The molecule has 0 spiro atoms. The topological polar surface area (TPSA) is 75.6 Å². The third kappa shape index (κ3) is 4.10.